The van der Waals surface area contributed by atoms with Crippen molar-refractivity contribution in [1.29, 1.82) is 0 Å². The third kappa shape index (κ3) is 9.32. The van der Waals surface area contributed by atoms with Crippen LogP contribution in [0.4, 0.5) is 4.79 Å². The minimum atomic E-state index is -0.351. The van der Waals surface area contributed by atoms with E-state index in [-0.39, 0.29) is 6.09 Å². The van der Waals surface area contributed by atoms with E-state index in [9.17, 15) is 4.79 Å². The lowest BCUT2D eigenvalue weighted by atomic mass is 10.2. The number of alkyl carbamates (subject to hydrolysis) is 1. The van der Waals surface area contributed by atoms with Crippen molar-refractivity contribution in [3.05, 3.63) is 0 Å². The summed E-state index contributed by atoms with van der Waals surface area (Å²) >= 11 is 0. The monoisotopic (exact) mass is 203 g/mol. The van der Waals surface area contributed by atoms with Gasteiger partial charge in [-0.15, -0.1) is 0 Å². The summed E-state index contributed by atoms with van der Waals surface area (Å²) in [6, 6.07) is 0. The highest BCUT2D eigenvalue weighted by atomic mass is 16.5. The fraction of sp³-hybridized carbons (Fsp3) is 0.900. The molecule has 0 rings (SSSR count). The molecular weight excluding hydrogens is 182 g/mol. The molecule has 1 amide bonds. The summed E-state index contributed by atoms with van der Waals surface area (Å²) in [5, 5.41) is 2.63. The molecule has 0 aromatic heterocycles. The van der Waals surface area contributed by atoms with E-state index in [4.69, 9.17) is 9.47 Å². The van der Waals surface area contributed by atoms with Crippen LogP contribution < -0.4 is 5.32 Å². The van der Waals surface area contributed by atoms with Gasteiger partial charge in [0.05, 0.1) is 6.61 Å². The standard InChI is InChI=1S/C10H21NO3/c1-4-14-10(12)11-6-5-7-13-8-9(2)3/h9H,4-8H2,1-3H3,(H,11,12). The molecule has 0 bridgehead atoms. The minimum Gasteiger partial charge on any atom is -0.450 e. The Morgan fingerprint density at radius 1 is 1.43 bits per heavy atom. The number of amides is 1. The summed E-state index contributed by atoms with van der Waals surface area (Å²) in [6.07, 6.45) is 0.474. The van der Waals surface area contributed by atoms with Gasteiger partial charge in [0.1, 0.15) is 0 Å². The van der Waals surface area contributed by atoms with Crippen LogP contribution in [-0.2, 0) is 9.47 Å². The van der Waals surface area contributed by atoms with Gasteiger partial charge in [-0.2, -0.15) is 0 Å². The van der Waals surface area contributed by atoms with Gasteiger partial charge in [-0.1, -0.05) is 13.8 Å². The average Bonchev–Trinajstić information content (AvgIpc) is 2.11. The van der Waals surface area contributed by atoms with E-state index in [0.29, 0.717) is 25.7 Å². The zero-order valence-corrected chi connectivity index (χ0v) is 9.34. The maximum Gasteiger partial charge on any atom is 0.407 e. The lowest BCUT2D eigenvalue weighted by Crippen LogP contribution is -2.26. The van der Waals surface area contributed by atoms with Gasteiger partial charge in [-0.05, 0) is 19.3 Å². The molecule has 0 aliphatic carbocycles. The quantitative estimate of drug-likeness (QED) is 0.642. The zero-order chi connectivity index (χ0) is 10.8. The second-order valence-electron chi connectivity index (χ2n) is 3.47. The number of rotatable bonds is 7. The first-order valence-corrected chi connectivity index (χ1v) is 5.15. The van der Waals surface area contributed by atoms with Gasteiger partial charge in [-0.25, -0.2) is 4.79 Å². The van der Waals surface area contributed by atoms with Crippen molar-refractivity contribution in [2.45, 2.75) is 27.2 Å². The summed E-state index contributed by atoms with van der Waals surface area (Å²) in [5.41, 5.74) is 0. The van der Waals surface area contributed by atoms with Gasteiger partial charge < -0.3 is 14.8 Å². The molecule has 0 aliphatic rings. The molecule has 4 heteroatoms. The van der Waals surface area contributed by atoms with Gasteiger partial charge >= 0.3 is 6.09 Å². The van der Waals surface area contributed by atoms with Gasteiger partial charge in [0, 0.05) is 19.8 Å². The molecular formula is C10H21NO3. The molecule has 0 aromatic carbocycles. The predicted octanol–water partition coefficient (Wildman–Crippen LogP) is 1.80. The molecule has 1 N–H and O–H groups in total. The Kier molecular flexibility index (Phi) is 8.33. The fourth-order valence-corrected chi connectivity index (χ4v) is 0.866. The number of carbonyl (C=O) groups excluding carboxylic acids is 1. The number of ether oxygens (including phenoxy) is 2. The molecule has 0 unspecified atom stereocenters. The second kappa shape index (κ2) is 8.81. The number of carbonyl (C=O) groups is 1. The summed E-state index contributed by atoms with van der Waals surface area (Å²) in [7, 11) is 0. The highest BCUT2D eigenvalue weighted by Gasteiger charge is 1.98. The largest absolute Gasteiger partial charge is 0.450 e. The summed E-state index contributed by atoms with van der Waals surface area (Å²) < 4.78 is 10.0. The molecule has 84 valence electrons. The molecule has 4 nitrogen and oxygen atoms in total. The van der Waals surface area contributed by atoms with Crippen LogP contribution in [0.15, 0.2) is 0 Å². The van der Waals surface area contributed by atoms with Crippen molar-refractivity contribution in [3.8, 4) is 0 Å². The van der Waals surface area contributed by atoms with Crippen molar-refractivity contribution < 1.29 is 14.3 Å². The predicted molar refractivity (Wildman–Crippen MR) is 55.3 cm³/mol. The Morgan fingerprint density at radius 3 is 2.71 bits per heavy atom. The lowest BCUT2D eigenvalue weighted by molar-refractivity contribution is 0.106. The first-order valence-electron chi connectivity index (χ1n) is 5.15. The van der Waals surface area contributed by atoms with Crippen LogP contribution in [0.1, 0.15) is 27.2 Å². The summed E-state index contributed by atoms with van der Waals surface area (Å²) in [5.74, 6) is 0.563. The van der Waals surface area contributed by atoms with Gasteiger partial charge in [0.15, 0.2) is 0 Å². The molecule has 0 radical (unpaired) electrons. The van der Waals surface area contributed by atoms with Crippen LogP contribution in [0.2, 0.25) is 0 Å². The Balaban J connectivity index is 3.09. The minimum absolute atomic E-state index is 0.351. The molecule has 0 aliphatic heterocycles. The number of hydrogen-bond donors (Lipinski definition) is 1. The number of hydrogen-bond acceptors (Lipinski definition) is 3. The normalized spacial score (nSPS) is 10.3. The van der Waals surface area contributed by atoms with Crippen molar-refractivity contribution in [3.63, 3.8) is 0 Å². The third-order valence-corrected chi connectivity index (χ3v) is 1.46. The highest BCUT2D eigenvalue weighted by molar-refractivity contribution is 5.66. The summed E-state index contributed by atoms with van der Waals surface area (Å²) in [4.78, 5) is 10.8. The Morgan fingerprint density at radius 2 is 2.14 bits per heavy atom. The smallest absolute Gasteiger partial charge is 0.407 e. The van der Waals surface area contributed by atoms with Crippen LogP contribution >= 0.6 is 0 Å². The van der Waals surface area contributed by atoms with Crippen LogP contribution in [0, 0.1) is 5.92 Å². The summed E-state index contributed by atoms with van der Waals surface area (Å²) in [6.45, 7) is 8.48. The van der Waals surface area contributed by atoms with Gasteiger partial charge in [0.2, 0.25) is 0 Å². The van der Waals surface area contributed by atoms with E-state index in [2.05, 4.69) is 19.2 Å². The molecule has 0 saturated heterocycles. The number of nitrogens with one attached hydrogen (secondary N) is 1. The SMILES string of the molecule is CCOC(=O)NCCCOCC(C)C. The van der Waals surface area contributed by atoms with E-state index in [1.165, 1.54) is 0 Å². The highest BCUT2D eigenvalue weighted by Crippen LogP contribution is 1.92. The molecule has 0 fully saturated rings. The molecule has 0 aromatic rings. The Bertz CT molecular complexity index is 148. The maximum absolute atomic E-state index is 10.8. The van der Waals surface area contributed by atoms with Gasteiger partial charge in [-0.3, -0.25) is 0 Å². The zero-order valence-electron chi connectivity index (χ0n) is 9.34. The van der Waals surface area contributed by atoms with E-state index >= 15 is 0 Å². The van der Waals surface area contributed by atoms with E-state index in [1.807, 2.05) is 0 Å². The molecule has 0 saturated carbocycles. The lowest BCUT2D eigenvalue weighted by Gasteiger charge is -2.07. The van der Waals surface area contributed by atoms with Gasteiger partial charge in [0.25, 0.3) is 0 Å². The molecule has 0 heterocycles. The molecule has 0 atom stereocenters. The topological polar surface area (TPSA) is 47.6 Å². The van der Waals surface area contributed by atoms with E-state index in [1.54, 1.807) is 6.92 Å². The van der Waals surface area contributed by atoms with Crippen LogP contribution in [0.3, 0.4) is 0 Å². The van der Waals surface area contributed by atoms with Crippen LogP contribution in [-0.4, -0.2) is 32.5 Å². The average molecular weight is 203 g/mol. The van der Waals surface area contributed by atoms with Crippen LogP contribution in [0.25, 0.3) is 0 Å². The Labute approximate surface area is 86.0 Å². The maximum atomic E-state index is 10.8. The van der Waals surface area contributed by atoms with E-state index in [0.717, 1.165) is 13.0 Å². The van der Waals surface area contributed by atoms with Crippen molar-refractivity contribution in [2.75, 3.05) is 26.4 Å². The second-order valence-corrected chi connectivity index (χ2v) is 3.47. The first kappa shape index (κ1) is 13.2. The van der Waals surface area contributed by atoms with Crippen molar-refractivity contribution in [2.24, 2.45) is 5.92 Å². The van der Waals surface area contributed by atoms with Crippen LogP contribution in [0.5, 0.6) is 0 Å². The molecule has 0 spiro atoms. The Hall–Kier alpha value is -0.770. The third-order valence-electron chi connectivity index (χ3n) is 1.46. The van der Waals surface area contributed by atoms with E-state index < -0.39 is 0 Å². The first-order chi connectivity index (χ1) is 6.66. The van der Waals surface area contributed by atoms with Crippen molar-refractivity contribution in [1.82, 2.24) is 5.32 Å². The fourth-order valence-electron chi connectivity index (χ4n) is 0.866. The van der Waals surface area contributed by atoms with Crippen molar-refractivity contribution >= 4 is 6.09 Å². The molecule has 14 heavy (non-hydrogen) atoms.